The van der Waals surface area contributed by atoms with Crippen LogP contribution in [-0.2, 0) is 4.79 Å². The Morgan fingerprint density at radius 3 is 2.48 bits per heavy atom. The van der Waals surface area contributed by atoms with Crippen molar-refractivity contribution in [2.45, 2.75) is 20.8 Å². The van der Waals surface area contributed by atoms with Gasteiger partial charge in [-0.15, -0.1) is 0 Å². The quantitative estimate of drug-likeness (QED) is 0.618. The van der Waals surface area contributed by atoms with Crippen molar-refractivity contribution >= 4 is 34.4 Å². The number of likely N-dealkylation sites (N-methyl/N-ethyl adjacent to an activating group) is 1. The summed E-state index contributed by atoms with van der Waals surface area (Å²) in [4.78, 5) is 22.1. The summed E-state index contributed by atoms with van der Waals surface area (Å²) in [7, 11) is 0. The van der Waals surface area contributed by atoms with Crippen LogP contribution >= 0.6 is 0 Å². The topological polar surface area (TPSA) is 48.5 Å². The number of nitrogens with zero attached hydrogens (tertiary/aromatic N) is 3. The molecule has 160 valence electrons. The molecule has 0 atom stereocenters. The molecule has 1 saturated heterocycles. The molecule has 5 nitrogen and oxygen atoms in total. The number of anilines is 2. The number of benzene rings is 2. The Hall–Kier alpha value is -3.18. The molecule has 0 saturated carbocycles. The molecule has 1 aliphatic rings. The number of pyridine rings is 1. The second-order valence-corrected chi connectivity index (χ2v) is 8.19. The summed E-state index contributed by atoms with van der Waals surface area (Å²) < 4.78 is 0. The van der Waals surface area contributed by atoms with E-state index in [4.69, 9.17) is 4.98 Å². The fraction of sp³-hybridized carbons (Fsp3) is 0.308. The number of aromatic nitrogens is 1. The summed E-state index contributed by atoms with van der Waals surface area (Å²) in [6.07, 6.45) is 3.39. The minimum Gasteiger partial charge on any atom is -0.354 e. The lowest BCUT2D eigenvalue weighted by molar-refractivity contribution is -0.111. The van der Waals surface area contributed by atoms with E-state index in [1.165, 1.54) is 11.1 Å². The van der Waals surface area contributed by atoms with Gasteiger partial charge in [0.15, 0.2) is 0 Å². The van der Waals surface area contributed by atoms with Crippen molar-refractivity contribution in [3.05, 3.63) is 71.3 Å². The Balaban J connectivity index is 1.46. The van der Waals surface area contributed by atoms with E-state index in [0.717, 1.165) is 60.7 Å². The lowest BCUT2D eigenvalue weighted by Crippen LogP contribution is -2.46. The number of carbonyl (C=O) groups excluding carboxylic acids is 1. The molecule has 0 aliphatic carbocycles. The highest BCUT2D eigenvalue weighted by Crippen LogP contribution is 2.26. The van der Waals surface area contributed by atoms with Gasteiger partial charge in [0, 0.05) is 43.3 Å². The Morgan fingerprint density at radius 1 is 1.03 bits per heavy atom. The van der Waals surface area contributed by atoms with Crippen LogP contribution < -0.4 is 10.2 Å². The van der Waals surface area contributed by atoms with Crippen molar-refractivity contribution in [1.29, 1.82) is 0 Å². The van der Waals surface area contributed by atoms with Gasteiger partial charge in [0.25, 0.3) is 0 Å². The molecule has 1 N–H and O–H groups in total. The average molecular weight is 415 g/mol. The van der Waals surface area contributed by atoms with Crippen LogP contribution in [0.4, 0.5) is 11.5 Å². The van der Waals surface area contributed by atoms with E-state index in [1.54, 1.807) is 6.08 Å². The van der Waals surface area contributed by atoms with Crippen LogP contribution in [0.25, 0.3) is 17.0 Å². The maximum absolute atomic E-state index is 12.3. The van der Waals surface area contributed by atoms with Crippen molar-refractivity contribution in [1.82, 2.24) is 9.88 Å². The highest BCUT2D eigenvalue weighted by molar-refractivity contribution is 6.03. The summed E-state index contributed by atoms with van der Waals surface area (Å²) in [6.45, 7) is 11.7. The van der Waals surface area contributed by atoms with E-state index in [2.05, 4.69) is 35.0 Å². The zero-order valence-electron chi connectivity index (χ0n) is 18.6. The first-order valence-electron chi connectivity index (χ1n) is 11.0. The van der Waals surface area contributed by atoms with Gasteiger partial charge < -0.3 is 15.1 Å². The molecular formula is C26H30N4O. The SMILES string of the molecule is CCN1CCN(c2nc3ccc(NC(=O)/C=C\c4ccc(C)cc4)cc3cc2C)CC1. The molecule has 4 rings (SSSR count). The lowest BCUT2D eigenvalue weighted by Gasteiger charge is -2.35. The minimum absolute atomic E-state index is 0.143. The van der Waals surface area contributed by atoms with Crippen LogP contribution in [0, 0.1) is 13.8 Å². The largest absolute Gasteiger partial charge is 0.354 e. The van der Waals surface area contributed by atoms with Crippen LogP contribution in [0.3, 0.4) is 0 Å². The van der Waals surface area contributed by atoms with E-state index in [1.807, 2.05) is 55.5 Å². The molecule has 0 spiro atoms. The predicted octanol–water partition coefficient (Wildman–Crippen LogP) is 4.65. The maximum atomic E-state index is 12.3. The number of aryl methyl sites for hydroxylation is 2. The number of amides is 1. The highest BCUT2D eigenvalue weighted by atomic mass is 16.1. The molecule has 5 heteroatoms. The van der Waals surface area contributed by atoms with Gasteiger partial charge in [0.1, 0.15) is 5.82 Å². The first-order valence-corrected chi connectivity index (χ1v) is 11.0. The number of fused-ring (bicyclic) bond motifs is 1. The van der Waals surface area contributed by atoms with Gasteiger partial charge in [-0.05, 0) is 61.9 Å². The van der Waals surface area contributed by atoms with E-state index in [9.17, 15) is 4.79 Å². The monoisotopic (exact) mass is 414 g/mol. The van der Waals surface area contributed by atoms with E-state index < -0.39 is 0 Å². The molecule has 2 aromatic carbocycles. The van der Waals surface area contributed by atoms with E-state index >= 15 is 0 Å². The molecule has 1 fully saturated rings. The molecular weight excluding hydrogens is 384 g/mol. The molecule has 1 aliphatic heterocycles. The van der Waals surface area contributed by atoms with Gasteiger partial charge in [-0.2, -0.15) is 0 Å². The standard InChI is InChI=1S/C26H30N4O/c1-4-29-13-15-30(16-14-29)26-20(3)17-22-18-23(10-11-24(22)28-26)27-25(31)12-9-21-7-5-19(2)6-8-21/h5-12,17-18H,4,13-16H2,1-3H3,(H,27,31)/b12-9-. The zero-order valence-corrected chi connectivity index (χ0v) is 18.6. The van der Waals surface area contributed by atoms with Crippen LogP contribution in [-0.4, -0.2) is 48.5 Å². The second-order valence-electron chi connectivity index (χ2n) is 8.19. The van der Waals surface area contributed by atoms with Crippen LogP contribution in [0.15, 0.2) is 54.6 Å². The Morgan fingerprint density at radius 2 is 1.77 bits per heavy atom. The summed E-state index contributed by atoms with van der Waals surface area (Å²) in [5, 5.41) is 3.99. The third-order valence-corrected chi connectivity index (χ3v) is 5.87. The Kier molecular flexibility index (Phi) is 6.33. The summed E-state index contributed by atoms with van der Waals surface area (Å²) in [6, 6.07) is 16.1. The second kappa shape index (κ2) is 9.31. The molecule has 1 aromatic heterocycles. The van der Waals surface area contributed by atoms with Crippen molar-refractivity contribution in [3.63, 3.8) is 0 Å². The number of carbonyl (C=O) groups is 1. The molecule has 2 heterocycles. The summed E-state index contributed by atoms with van der Waals surface area (Å²) >= 11 is 0. The summed E-state index contributed by atoms with van der Waals surface area (Å²) in [5.74, 6) is 0.927. The predicted molar refractivity (Wildman–Crippen MR) is 130 cm³/mol. The van der Waals surface area contributed by atoms with Crippen LogP contribution in [0.2, 0.25) is 0 Å². The van der Waals surface area contributed by atoms with Gasteiger partial charge >= 0.3 is 0 Å². The van der Waals surface area contributed by atoms with Crippen molar-refractivity contribution in [2.75, 3.05) is 42.9 Å². The minimum atomic E-state index is -0.143. The van der Waals surface area contributed by atoms with Gasteiger partial charge in [0.2, 0.25) is 5.91 Å². The van der Waals surface area contributed by atoms with Crippen LogP contribution in [0.5, 0.6) is 0 Å². The Bertz CT molecular complexity index is 1100. The molecule has 3 aromatic rings. The molecule has 0 bridgehead atoms. The normalized spacial score (nSPS) is 15.0. The lowest BCUT2D eigenvalue weighted by atomic mass is 10.1. The Labute approximate surface area is 184 Å². The molecule has 31 heavy (non-hydrogen) atoms. The van der Waals surface area contributed by atoms with Crippen molar-refractivity contribution in [3.8, 4) is 0 Å². The summed E-state index contributed by atoms with van der Waals surface area (Å²) in [5.41, 5.74) is 5.10. The molecule has 1 amide bonds. The van der Waals surface area contributed by atoms with Crippen molar-refractivity contribution in [2.24, 2.45) is 0 Å². The third kappa shape index (κ3) is 5.12. The third-order valence-electron chi connectivity index (χ3n) is 5.87. The maximum Gasteiger partial charge on any atom is 0.248 e. The number of rotatable bonds is 5. The van der Waals surface area contributed by atoms with Crippen molar-refractivity contribution < 1.29 is 4.79 Å². The van der Waals surface area contributed by atoms with Gasteiger partial charge in [-0.25, -0.2) is 4.98 Å². The fourth-order valence-corrected chi connectivity index (χ4v) is 3.98. The van der Waals surface area contributed by atoms with Gasteiger partial charge in [-0.3, -0.25) is 4.79 Å². The highest BCUT2D eigenvalue weighted by Gasteiger charge is 2.18. The fourth-order valence-electron chi connectivity index (χ4n) is 3.98. The van der Waals surface area contributed by atoms with Gasteiger partial charge in [0.05, 0.1) is 5.52 Å². The first-order chi connectivity index (χ1) is 15.0. The van der Waals surface area contributed by atoms with E-state index in [-0.39, 0.29) is 5.91 Å². The molecule has 0 radical (unpaired) electrons. The number of nitrogens with one attached hydrogen (secondary N) is 1. The average Bonchev–Trinajstić information content (AvgIpc) is 2.78. The van der Waals surface area contributed by atoms with Gasteiger partial charge in [-0.1, -0.05) is 36.8 Å². The number of hydrogen-bond donors (Lipinski definition) is 1. The smallest absolute Gasteiger partial charge is 0.248 e. The number of hydrogen-bond acceptors (Lipinski definition) is 4. The zero-order chi connectivity index (χ0) is 21.8. The van der Waals surface area contributed by atoms with E-state index in [0.29, 0.717) is 0 Å². The molecule has 0 unspecified atom stereocenters. The van der Waals surface area contributed by atoms with Crippen LogP contribution in [0.1, 0.15) is 23.6 Å². The number of piperazine rings is 1. The first kappa shape index (κ1) is 21.1.